The van der Waals surface area contributed by atoms with Gasteiger partial charge in [0.1, 0.15) is 0 Å². The Morgan fingerprint density at radius 2 is 0.882 bits per heavy atom. The number of nitrogens with zero attached hydrogens (tertiary/aromatic N) is 3. The molecule has 11 rings (SSSR count). The highest BCUT2D eigenvalue weighted by atomic mass is 32.1. The van der Waals surface area contributed by atoms with Crippen molar-refractivity contribution in [3.05, 3.63) is 164 Å². The first-order chi connectivity index (χ1) is 25.3. The van der Waals surface area contributed by atoms with Gasteiger partial charge in [-0.25, -0.2) is 15.0 Å². The van der Waals surface area contributed by atoms with Crippen molar-refractivity contribution < 1.29 is 0 Å². The first-order valence-electron chi connectivity index (χ1n) is 17.2. The highest BCUT2D eigenvalue weighted by Crippen LogP contribution is 2.48. The lowest BCUT2D eigenvalue weighted by molar-refractivity contribution is 1.08. The highest BCUT2D eigenvalue weighted by molar-refractivity contribution is 7.27. The minimum atomic E-state index is 0.657. The number of aromatic nitrogens is 3. The largest absolute Gasteiger partial charge is 0.208 e. The van der Waals surface area contributed by atoms with Gasteiger partial charge in [0.15, 0.2) is 17.5 Å². The van der Waals surface area contributed by atoms with Gasteiger partial charge in [0.05, 0.1) is 0 Å². The Hall–Kier alpha value is -6.49. The Labute approximate surface area is 297 Å². The summed E-state index contributed by atoms with van der Waals surface area (Å²) in [5.41, 5.74) is 2.93. The standard InChI is InChI=1S/C47H27N3S/c1-2-13-31(14-3-1)45-48-46(34-22-24-36-32(26-34)20-18-28-10-4-7-15-35(28)36)50-47(49-45)39-27-33-21-19-29-11-5-8-16-37(29)41(33)44-43(39)42-38-17-9-6-12-30(38)23-25-40(42)51-44/h1-27H. The lowest BCUT2D eigenvalue weighted by Gasteiger charge is -2.13. The van der Waals surface area contributed by atoms with Crippen LogP contribution in [0.5, 0.6) is 0 Å². The molecule has 0 saturated carbocycles. The van der Waals surface area contributed by atoms with Gasteiger partial charge in [0.25, 0.3) is 0 Å². The van der Waals surface area contributed by atoms with Crippen molar-refractivity contribution >= 4 is 85.4 Å². The molecule has 0 N–H and O–H groups in total. The van der Waals surface area contributed by atoms with Gasteiger partial charge in [-0.3, -0.25) is 0 Å². The molecule has 11 aromatic rings. The second-order valence-corrected chi connectivity index (χ2v) is 14.2. The molecule has 0 spiro atoms. The number of thiophene rings is 1. The zero-order valence-electron chi connectivity index (χ0n) is 27.3. The van der Waals surface area contributed by atoms with E-state index < -0.39 is 0 Å². The van der Waals surface area contributed by atoms with E-state index in [1.165, 1.54) is 68.6 Å². The first-order valence-corrected chi connectivity index (χ1v) is 18.0. The fourth-order valence-electron chi connectivity index (χ4n) is 7.86. The van der Waals surface area contributed by atoms with Crippen molar-refractivity contribution in [1.82, 2.24) is 15.0 Å². The fourth-order valence-corrected chi connectivity index (χ4v) is 9.18. The van der Waals surface area contributed by atoms with E-state index in [9.17, 15) is 0 Å². The van der Waals surface area contributed by atoms with Crippen molar-refractivity contribution in [3.8, 4) is 34.2 Å². The van der Waals surface area contributed by atoms with Gasteiger partial charge in [-0.2, -0.15) is 0 Å². The Morgan fingerprint density at radius 3 is 1.65 bits per heavy atom. The summed E-state index contributed by atoms with van der Waals surface area (Å²) in [6, 6.07) is 58.4. The first kappa shape index (κ1) is 28.4. The summed E-state index contributed by atoms with van der Waals surface area (Å²) in [6.07, 6.45) is 0. The summed E-state index contributed by atoms with van der Waals surface area (Å²) >= 11 is 1.86. The molecule has 0 unspecified atom stereocenters. The second kappa shape index (κ2) is 11.0. The zero-order chi connectivity index (χ0) is 33.5. The number of fused-ring (bicyclic) bond motifs is 12. The normalized spacial score (nSPS) is 11.9. The van der Waals surface area contributed by atoms with Crippen LogP contribution in [0.3, 0.4) is 0 Å². The van der Waals surface area contributed by atoms with E-state index in [1.54, 1.807) is 0 Å². The molecule has 0 aliphatic heterocycles. The summed E-state index contributed by atoms with van der Waals surface area (Å²) < 4.78 is 2.51. The monoisotopic (exact) mass is 665 g/mol. The summed E-state index contributed by atoms with van der Waals surface area (Å²) in [6.45, 7) is 0. The topological polar surface area (TPSA) is 38.7 Å². The van der Waals surface area contributed by atoms with Gasteiger partial charge in [-0.05, 0) is 66.7 Å². The van der Waals surface area contributed by atoms with Crippen LogP contribution in [0.2, 0.25) is 0 Å². The number of hydrogen-bond donors (Lipinski definition) is 0. The molecule has 0 atom stereocenters. The van der Waals surface area contributed by atoms with E-state index in [-0.39, 0.29) is 0 Å². The molecule has 2 heterocycles. The molecule has 51 heavy (non-hydrogen) atoms. The summed E-state index contributed by atoms with van der Waals surface area (Å²) in [5.74, 6) is 1.99. The quantitative estimate of drug-likeness (QED) is 0.176. The van der Waals surface area contributed by atoms with Crippen LogP contribution in [0.1, 0.15) is 0 Å². The van der Waals surface area contributed by atoms with Crippen molar-refractivity contribution in [3.63, 3.8) is 0 Å². The fraction of sp³-hybridized carbons (Fsp3) is 0. The van der Waals surface area contributed by atoms with Crippen LogP contribution < -0.4 is 0 Å². The van der Waals surface area contributed by atoms with Crippen LogP contribution in [0, 0.1) is 0 Å². The Bertz CT molecular complexity index is 3200. The molecule has 3 nitrogen and oxygen atoms in total. The average Bonchev–Trinajstić information content (AvgIpc) is 3.60. The smallest absolute Gasteiger partial charge is 0.164 e. The van der Waals surface area contributed by atoms with E-state index in [1.807, 2.05) is 29.5 Å². The van der Waals surface area contributed by atoms with Gasteiger partial charge in [-0.1, -0.05) is 146 Å². The van der Waals surface area contributed by atoms with E-state index in [0.717, 1.165) is 22.1 Å². The summed E-state index contributed by atoms with van der Waals surface area (Å²) in [5, 5.41) is 14.7. The average molecular weight is 666 g/mol. The van der Waals surface area contributed by atoms with Crippen LogP contribution in [0.4, 0.5) is 0 Å². The molecular formula is C47H27N3S. The van der Waals surface area contributed by atoms with Gasteiger partial charge >= 0.3 is 0 Å². The van der Waals surface area contributed by atoms with E-state index in [0.29, 0.717) is 17.5 Å². The van der Waals surface area contributed by atoms with Crippen molar-refractivity contribution in [2.75, 3.05) is 0 Å². The van der Waals surface area contributed by atoms with Crippen LogP contribution in [-0.2, 0) is 0 Å². The van der Waals surface area contributed by atoms with E-state index in [4.69, 9.17) is 15.0 Å². The lowest BCUT2D eigenvalue weighted by atomic mass is 9.94. The van der Waals surface area contributed by atoms with Gasteiger partial charge in [0.2, 0.25) is 0 Å². The molecule has 0 aliphatic carbocycles. The van der Waals surface area contributed by atoms with E-state index in [2.05, 4.69) is 146 Å². The minimum Gasteiger partial charge on any atom is -0.208 e. The Kier molecular flexibility index (Phi) is 6.12. The molecule has 9 aromatic carbocycles. The maximum atomic E-state index is 5.34. The van der Waals surface area contributed by atoms with Crippen molar-refractivity contribution in [1.29, 1.82) is 0 Å². The third-order valence-electron chi connectivity index (χ3n) is 10.2. The van der Waals surface area contributed by atoms with Crippen molar-refractivity contribution in [2.45, 2.75) is 0 Å². The SMILES string of the molecule is c1ccc(-c2nc(-c3ccc4c(ccc5ccccc54)c3)nc(-c3cc4ccc5ccccc5c4c4sc5ccc6ccccc6c5c34)n2)cc1. The molecule has 0 aliphatic rings. The predicted octanol–water partition coefficient (Wildman–Crippen LogP) is 13.0. The third-order valence-corrected chi connectivity index (χ3v) is 11.4. The molecule has 4 heteroatoms. The number of rotatable bonds is 3. The molecule has 2 aromatic heterocycles. The van der Waals surface area contributed by atoms with Crippen molar-refractivity contribution in [2.24, 2.45) is 0 Å². The molecule has 0 radical (unpaired) electrons. The number of hydrogen-bond acceptors (Lipinski definition) is 4. The zero-order valence-corrected chi connectivity index (χ0v) is 28.2. The lowest BCUT2D eigenvalue weighted by Crippen LogP contribution is -2.00. The molecular weight excluding hydrogens is 639 g/mol. The van der Waals surface area contributed by atoms with Gasteiger partial charge in [0, 0.05) is 42.2 Å². The second-order valence-electron chi connectivity index (χ2n) is 13.2. The Balaban J connectivity index is 1.25. The van der Waals surface area contributed by atoms with Gasteiger partial charge < -0.3 is 0 Å². The highest BCUT2D eigenvalue weighted by Gasteiger charge is 2.21. The van der Waals surface area contributed by atoms with Crippen LogP contribution in [0.25, 0.3) is 108 Å². The summed E-state index contributed by atoms with van der Waals surface area (Å²) in [7, 11) is 0. The van der Waals surface area contributed by atoms with Gasteiger partial charge in [-0.15, -0.1) is 11.3 Å². The third kappa shape index (κ3) is 4.40. The van der Waals surface area contributed by atoms with Crippen LogP contribution >= 0.6 is 11.3 Å². The van der Waals surface area contributed by atoms with E-state index >= 15 is 0 Å². The van der Waals surface area contributed by atoms with Crippen LogP contribution in [-0.4, -0.2) is 15.0 Å². The van der Waals surface area contributed by atoms with Crippen LogP contribution in [0.15, 0.2) is 164 Å². The number of benzene rings is 9. The maximum absolute atomic E-state index is 5.34. The summed E-state index contributed by atoms with van der Waals surface area (Å²) in [4.78, 5) is 15.7. The molecule has 0 bridgehead atoms. The minimum absolute atomic E-state index is 0.657. The predicted molar refractivity (Wildman–Crippen MR) is 217 cm³/mol. The Morgan fingerprint density at radius 1 is 0.333 bits per heavy atom. The molecule has 0 amide bonds. The molecule has 0 saturated heterocycles. The molecule has 236 valence electrons. The molecule has 0 fully saturated rings. The maximum Gasteiger partial charge on any atom is 0.164 e.